The molecule has 1 aliphatic rings. The monoisotopic (exact) mass is 459 g/mol. The number of ether oxygens (including phenoxy) is 1. The van der Waals surface area contributed by atoms with Gasteiger partial charge in [0.2, 0.25) is 0 Å². The molecular formula is C26H29N5O3. The lowest BCUT2D eigenvalue weighted by Crippen LogP contribution is -2.49. The average Bonchev–Trinajstić information content (AvgIpc) is 3.24. The highest BCUT2D eigenvalue weighted by Gasteiger charge is 2.27. The van der Waals surface area contributed by atoms with Crippen LogP contribution in [-0.4, -0.2) is 64.7 Å². The number of pyridine rings is 1. The number of anilines is 1. The Morgan fingerprint density at radius 3 is 2.53 bits per heavy atom. The number of aryl methyl sites for hydroxylation is 2. The zero-order chi connectivity index (χ0) is 23.7. The van der Waals surface area contributed by atoms with Crippen LogP contribution in [-0.2, 0) is 11.3 Å². The number of fused-ring (bicyclic) bond motifs is 2. The van der Waals surface area contributed by atoms with Crippen LogP contribution < -0.4 is 10.5 Å². The van der Waals surface area contributed by atoms with Gasteiger partial charge in [-0.1, -0.05) is 24.3 Å². The van der Waals surface area contributed by atoms with E-state index < -0.39 is 0 Å². The van der Waals surface area contributed by atoms with Gasteiger partial charge in [-0.05, 0) is 43.2 Å². The maximum absolute atomic E-state index is 13.7. The van der Waals surface area contributed by atoms with Gasteiger partial charge in [0.25, 0.3) is 11.5 Å². The standard InChI is InChI=1S/C26H29N5O3/c1-19-8-6-11-31-23(19)27-24-21(25(31)32)18-22(30(24)12-7-17-34-2)26(33)29-15-13-28(14-16-29)20-9-4-3-5-10-20/h3-6,8-11,18H,7,12-17H2,1-2H3. The molecule has 0 bridgehead atoms. The number of benzene rings is 1. The number of carbonyl (C=O) groups excluding carboxylic acids is 1. The second-order valence-corrected chi connectivity index (χ2v) is 8.68. The number of methoxy groups -OCH3 is 1. The van der Waals surface area contributed by atoms with Gasteiger partial charge in [-0.25, -0.2) is 4.98 Å². The number of carbonyl (C=O) groups is 1. The van der Waals surface area contributed by atoms with Crippen molar-refractivity contribution in [1.82, 2.24) is 18.9 Å². The molecule has 1 aromatic carbocycles. The van der Waals surface area contributed by atoms with Crippen LogP contribution in [0.2, 0.25) is 0 Å². The Labute approximate surface area is 198 Å². The van der Waals surface area contributed by atoms with E-state index >= 15 is 0 Å². The second-order valence-electron chi connectivity index (χ2n) is 8.68. The first-order valence-corrected chi connectivity index (χ1v) is 11.7. The van der Waals surface area contributed by atoms with Crippen molar-refractivity contribution < 1.29 is 9.53 Å². The molecule has 1 fully saturated rings. The molecule has 0 N–H and O–H groups in total. The van der Waals surface area contributed by atoms with Crippen molar-refractivity contribution in [2.45, 2.75) is 19.9 Å². The molecule has 1 aliphatic heterocycles. The Hall–Kier alpha value is -3.65. The second kappa shape index (κ2) is 9.30. The predicted molar refractivity (Wildman–Crippen MR) is 133 cm³/mol. The van der Waals surface area contributed by atoms with Gasteiger partial charge in [0, 0.05) is 58.3 Å². The fourth-order valence-electron chi connectivity index (χ4n) is 4.70. The van der Waals surface area contributed by atoms with E-state index in [4.69, 9.17) is 9.72 Å². The molecule has 3 aromatic heterocycles. The summed E-state index contributed by atoms with van der Waals surface area (Å²) < 4.78 is 8.69. The van der Waals surface area contributed by atoms with Crippen LogP contribution in [0.1, 0.15) is 22.5 Å². The third kappa shape index (κ3) is 3.94. The lowest BCUT2D eigenvalue weighted by atomic mass is 10.2. The molecule has 176 valence electrons. The van der Waals surface area contributed by atoms with Crippen LogP contribution in [0.4, 0.5) is 5.69 Å². The van der Waals surface area contributed by atoms with E-state index in [9.17, 15) is 9.59 Å². The number of amides is 1. The van der Waals surface area contributed by atoms with Gasteiger partial charge in [-0.15, -0.1) is 0 Å². The summed E-state index contributed by atoms with van der Waals surface area (Å²) in [6.07, 6.45) is 2.45. The maximum atomic E-state index is 13.7. The average molecular weight is 460 g/mol. The van der Waals surface area contributed by atoms with E-state index in [0.717, 1.165) is 25.1 Å². The summed E-state index contributed by atoms with van der Waals surface area (Å²) in [7, 11) is 1.66. The van der Waals surface area contributed by atoms with E-state index in [1.54, 1.807) is 23.8 Å². The van der Waals surface area contributed by atoms with Crippen LogP contribution in [0.15, 0.2) is 59.5 Å². The molecule has 0 aliphatic carbocycles. The zero-order valence-corrected chi connectivity index (χ0v) is 19.6. The third-order valence-electron chi connectivity index (χ3n) is 6.53. The van der Waals surface area contributed by atoms with Gasteiger partial charge in [0.1, 0.15) is 17.0 Å². The molecule has 1 amide bonds. The first-order chi connectivity index (χ1) is 16.6. The van der Waals surface area contributed by atoms with Crippen molar-refractivity contribution in [1.29, 1.82) is 0 Å². The van der Waals surface area contributed by atoms with Gasteiger partial charge in [-0.2, -0.15) is 0 Å². The number of rotatable bonds is 6. The fraction of sp³-hybridized carbons (Fsp3) is 0.346. The summed E-state index contributed by atoms with van der Waals surface area (Å²) in [6.45, 7) is 5.84. The molecule has 34 heavy (non-hydrogen) atoms. The highest BCUT2D eigenvalue weighted by atomic mass is 16.5. The van der Waals surface area contributed by atoms with Crippen molar-refractivity contribution in [3.8, 4) is 0 Å². The minimum absolute atomic E-state index is 0.0618. The number of hydrogen-bond acceptors (Lipinski definition) is 5. The lowest BCUT2D eigenvalue weighted by molar-refractivity contribution is 0.0735. The minimum Gasteiger partial charge on any atom is -0.385 e. The van der Waals surface area contributed by atoms with Gasteiger partial charge in [-0.3, -0.25) is 14.0 Å². The molecule has 0 unspecified atom stereocenters. The minimum atomic E-state index is -0.155. The smallest absolute Gasteiger partial charge is 0.270 e. The molecule has 1 saturated heterocycles. The van der Waals surface area contributed by atoms with Crippen molar-refractivity contribution >= 4 is 28.3 Å². The van der Waals surface area contributed by atoms with Crippen LogP contribution in [0.5, 0.6) is 0 Å². The molecule has 4 aromatic rings. The van der Waals surface area contributed by atoms with Crippen LogP contribution in [0.3, 0.4) is 0 Å². The van der Waals surface area contributed by atoms with Crippen molar-refractivity contribution in [3.63, 3.8) is 0 Å². The molecule has 0 radical (unpaired) electrons. The molecule has 0 atom stereocenters. The SMILES string of the molecule is COCCCn1c(C(=O)N2CCN(c3ccccc3)CC2)cc2c(=O)n3cccc(C)c3nc21. The summed E-state index contributed by atoms with van der Waals surface area (Å²) in [6, 6.07) is 15.7. The summed E-state index contributed by atoms with van der Waals surface area (Å²) >= 11 is 0. The highest BCUT2D eigenvalue weighted by Crippen LogP contribution is 2.22. The van der Waals surface area contributed by atoms with E-state index in [-0.39, 0.29) is 11.5 Å². The van der Waals surface area contributed by atoms with Gasteiger partial charge < -0.3 is 19.1 Å². The summed E-state index contributed by atoms with van der Waals surface area (Å²) in [5.41, 5.74) is 3.61. The number of nitrogens with zero attached hydrogens (tertiary/aromatic N) is 5. The Kier molecular flexibility index (Phi) is 6.06. The number of aromatic nitrogens is 3. The topological polar surface area (TPSA) is 72.1 Å². The van der Waals surface area contributed by atoms with E-state index in [2.05, 4.69) is 17.0 Å². The summed E-state index contributed by atoms with van der Waals surface area (Å²) in [4.78, 5) is 35.9. The Morgan fingerprint density at radius 1 is 1.03 bits per heavy atom. The molecule has 0 saturated carbocycles. The lowest BCUT2D eigenvalue weighted by Gasteiger charge is -2.36. The van der Waals surface area contributed by atoms with E-state index in [0.29, 0.717) is 48.6 Å². The van der Waals surface area contributed by atoms with Gasteiger partial charge in [0.15, 0.2) is 0 Å². The molecule has 8 heteroatoms. The summed E-state index contributed by atoms with van der Waals surface area (Å²) in [5.74, 6) is -0.0618. The van der Waals surface area contributed by atoms with Crippen molar-refractivity contribution in [3.05, 3.63) is 76.3 Å². The maximum Gasteiger partial charge on any atom is 0.270 e. The Balaban J connectivity index is 1.50. The Bertz CT molecular complexity index is 1380. The molecule has 4 heterocycles. The summed E-state index contributed by atoms with van der Waals surface area (Å²) in [5, 5.41) is 0.465. The fourth-order valence-corrected chi connectivity index (χ4v) is 4.70. The van der Waals surface area contributed by atoms with E-state index in [1.165, 1.54) is 5.69 Å². The molecular weight excluding hydrogens is 430 g/mol. The largest absolute Gasteiger partial charge is 0.385 e. The first kappa shape index (κ1) is 22.2. The number of para-hydroxylation sites is 1. The zero-order valence-electron chi connectivity index (χ0n) is 19.6. The normalized spacial score (nSPS) is 14.3. The van der Waals surface area contributed by atoms with Crippen LogP contribution >= 0.6 is 0 Å². The van der Waals surface area contributed by atoms with Gasteiger partial charge in [0.05, 0.1) is 5.39 Å². The van der Waals surface area contributed by atoms with Crippen molar-refractivity contribution in [2.75, 3.05) is 44.8 Å². The van der Waals surface area contributed by atoms with Crippen LogP contribution in [0, 0.1) is 6.92 Å². The van der Waals surface area contributed by atoms with E-state index in [1.807, 2.05) is 46.7 Å². The van der Waals surface area contributed by atoms with Gasteiger partial charge >= 0.3 is 0 Å². The third-order valence-corrected chi connectivity index (χ3v) is 6.53. The quantitative estimate of drug-likeness (QED) is 0.415. The molecule has 8 nitrogen and oxygen atoms in total. The highest BCUT2D eigenvalue weighted by molar-refractivity contribution is 5.98. The van der Waals surface area contributed by atoms with Crippen LogP contribution in [0.25, 0.3) is 16.7 Å². The predicted octanol–water partition coefficient (Wildman–Crippen LogP) is 2.96. The number of hydrogen-bond donors (Lipinski definition) is 0. The molecule has 0 spiro atoms. The number of piperazine rings is 1. The first-order valence-electron chi connectivity index (χ1n) is 11.7. The Morgan fingerprint density at radius 2 is 1.79 bits per heavy atom. The molecule has 5 rings (SSSR count). The van der Waals surface area contributed by atoms with Crippen molar-refractivity contribution in [2.24, 2.45) is 0 Å².